The summed E-state index contributed by atoms with van der Waals surface area (Å²) in [4.78, 5) is 25.0. The Labute approximate surface area is 112 Å². The van der Waals surface area contributed by atoms with Crippen molar-refractivity contribution in [2.24, 2.45) is 5.73 Å². The molecule has 1 fully saturated rings. The van der Waals surface area contributed by atoms with Crippen LogP contribution in [0.1, 0.15) is 36.0 Å². The van der Waals surface area contributed by atoms with Gasteiger partial charge in [0.05, 0.1) is 0 Å². The highest BCUT2D eigenvalue weighted by molar-refractivity contribution is 5.95. The molecule has 0 saturated carbocycles. The summed E-state index contributed by atoms with van der Waals surface area (Å²) in [5.41, 5.74) is 6.21. The lowest BCUT2D eigenvalue weighted by atomic mass is 10.2. The van der Waals surface area contributed by atoms with Gasteiger partial charge in [-0.2, -0.15) is 0 Å². The highest BCUT2D eigenvalue weighted by Crippen LogP contribution is 2.14. The monoisotopic (exact) mass is 261 g/mol. The molecule has 0 spiro atoms. The Morgan fingerprint density at radius 2 is 1.79 bits per heavy atom. The van der Waals surface area contributed by atoms with Gasteiger partial charge in [-0.25, -0.2) is 4.79 Å². The number of hydrogen-bond acceptors (Lipinski definition) is 2. The number of likely N-dealkylation sites (tertiary alicyclic amines) is 1. The molecule has 1 saturated heterocycles. The molecule has 0 bridgehead atoms. The summed E-state index contributed by atoms with van der Waals surface area (Å²) in [5, 5.41) is 2.81. The summed E-state index contributed by atoms with van der Waals surface area (Å²) in [7, 11) is 0. The van der Waals surface area contributed by atoms with E-state index in [-0.39, 0.29) is 6.03 Å². The van der Waals surface area contributed by atoms with Gasteiger partial charge >= 0.3 is 6.03 Å². The maximum atomic E-state index is 12.1. The minimum Gasteiger partial charge on any atom is -0.366 e. The number of nitrogens with one attached hydrogen (secondary N) is 1. The third-order valence-electron chi connectivity index (χ3n) is 3.29. The second-order valence-corrected chi connectivity index (χ2v) is 4.78. The van der Waals surface area contributed by atoms with Gasteiger partial charge in [0.2, 0.25) is 5.91 Å². The lowest BCUT2D eigenvalue weighted by molar-refractivity contribution is 0.1000. The smallest absolute Gasteiger partial charge is 0.321 e. The van der Waals surface area contributed by atoms with Gasteiger partial charge in [0, 0.05) is 24.3 Å². The van der Waals surface area contributed by atoms with Gasteiger partial charge in [0.25, 0.3) is 0 Å². The zero-order chi connectivity index (χ0) is 13.7. The van der Waals surface area contributed by atoms with Crippen LogP contribution in [-0.2, 0) is 0 Å². The van der Waals surface area contributed by atoms with Crippen LogP contribution in [0.5, 0.6) is 0 Å². The van der Waals surface area contributed by atoms with Crippen LogP contribution in [-0.4, -0.2) is 29.9 Å². The molecule has 0 aromatic heterocycles. The molecule has 5 heteroatoms. The van der Waals surface area contributed by atoms with E-state index in [1.54, 1.807) is 24.3 Å². The topological polar surface area (TPSA) is 75.4 Å². The normalized spacial score (nSPS) is 15.7. The average Bonchev–Trinajstić information content (AvgIpc) is 2.68. The Hall–Kier alpha value is -2.04. The molecule has 2 rings (SSSR count). The van der Waals surface area contributed by atoms with Gasteiger partial charge in [-0.05, 0) is 31.0 Å². The number of nitrogens with two attached hydrogens (primary N) is 1. The number of carbonyl (C=O) groups excluding carboxylic acids is 2. The molecule has 5 nitrogen and oxygen atoms in total. The van der Waals surface area contributed by atoms with Crippen LogP contribution in [0, 0.1) is 0 Å². The van der Waals surface area contributed by atoms with Crippen LogP contribution in [0.3, 0.4) is 0 Å². The van der Waals surface area contributed by atoms with Crippen LogP contribution >= 0.6 is 0 Å². The largest absolute Gasteiger partial charge is 0.366 e. The number of anilines is 1. The Bertz CT molecular complexity index is 466. The van der Waals surface area contributed by atoms with Crippen LogP contribution in [0.25, 0.3) is 0 Å². The molecule has 0 unspecified atom stereocenters. The molecule has 1 aliphatic heterocycles. The molecule has 1 aliphatic rings. The lowest BCUT2D eigenvalue weighted by Gasteiger charge is -2.20. The number of carbonyl (C=O) groups is 2. The summed E-state index contributed by atoms with van der Waals surface area (Å²) >= 11 is 0. The number of amides is 3. The molecule has 0 radical (unpaired) electrons. The third kappa shape index (κ3) is 3.71. The van der Waals surface area contributed by atoms with Crippen molar-refractivity contribution < 1.29 is 9.59 Å². The fourth-order valence-corrected chi connectivity index (χ4v) is 2.23. The maximum Gasteiger partial charge on any atom is 0.321 e. The van der Waals surface area contributed by atoms with Gasteiger partial charge in [-0.1, -0.05) is 18.9 Å². The van der Waals surface area contributed by atoms with E-state index in [1.165, 1.54) is 12.8 Å². The lowest BCUT2D eigenvalue weighted by Crippen LogP contribution is -2.35. The van der Waals surface area contributed by atoms with Crippen molar-refractivity contribution in [2.45, 2.75) is 25.7 Å². The van der Waals surface area contributed by atoms with Crippen molar-refractivity contribution in [3.8, 4) is 0 Å². The van der Waals surface area contributed by atoms with Crippen molar-refractivity contribution >= 4 is 17.6 Å². The second-order valence-electron chi connectivity index (χ2n) is 4.78. The summed E-state index contributed by atoms with van der Waals surface area (Å²) in [5.74, 6) is -0.495. The van der Waals surface area contributed by atoms with Crippen LogP contribution in [0.15, 0.2) is 24.3 Å². The minimum absolute atomic E-state index is 0.108. The van der Waals surface area contributed by atoms with E-state index >= 15 is 0 Å². The van der Waals surface area contributed by atoms with E-state index in [1.807, 2.05) is 4.90 Å². The summed E-state index contributed by atoms with van der Waals surface area (Å²) in [6, 6.07) is 6.57. The first-order chi connectivity index (χ1) is 9.16. The molecular weight excluding hydrogens is 242 g/mol. The van der Waals surface area contributed by atoms with Crippen molar-refractivity contribution in [1.82, 2.24) is 4.90 Å². The van der Waals surface area contributed by atoms with Crippen molar-refractivity contribution in [3.63, 3.8) is 0 Å². The van der Waals surface area contributed by atoms with Crippen molar-refractivity contribution in [2.75, 3.05) is 18.4 Å². The number of hydrogen-bond donors (Lipinski definition) is 2. The number of primary amides is 1. The van der Waals surface area contributed by atoms with E-state index in [0.29, 0.717) is 11.3 Å². The molecule has 19 heavy (non-hydrogen) atoms. The zero-order valence-corrected chi connectivity index (χ0v) is 10.9. The van der Waals surface area contributed by atoms with Gasteiger partial charge < -0.3 is 16.0 Å². The quantitative estimate of drug-likeness (QED) is 0.856. The Morgan fingerprint density at radius 3 is 2.42 bits per heavy atom. The molecule has 0 aliphatic carbocycles. The van der Waals surface area contributed by atoms with Crippen LogP contribution in [0.4, 0.5) is 10.5 Å². The zero-order valence-electron chi connectivity index (χ0n) is 10.9. The summed E-state index contributed by atoms with van der Waals surface area (Å²) in [6.45, 7) is 1.59. The predicted octanol–water partition coefficient (Wildman–Crippen LogP) is 2.19. The van der Waals surface area contributed by atoms with E-state index in [0.717, 1.165) is 25.9 Å². The standard InChI is InChI=1S/C14H19N3O2/c15-13(18)11-6-5-7-12(10-11)16-14(19)17-8-3-1-2-4-9-17/h5-7,10H,1-4,8-9H2,(H2,15,18)(H,16,19). The number of benzene rings is 1. The Morgan fingerprint density at radius 1 is 1.11 bits per heavy atom. The van der Waals surface area contributed by atoms with E-state index in [4.69, 9.17) is 5.73 Å². The van der Waals surface area contributed by atoms with Gasteiger partial charge in [0.1, 0.15) is 0 Å². The third-order valence-corrected chi connectivity index (χ3v) is 3.29. The summed E-state index contributed by atoms with van der Waals surface area (Å²) < 4.78 is 0. The maximum absolute atomic E-state index is 12.1. The highest BCUT2D eigenvalue weighted by Gasteiger charge is 2.15. The van der Waals surface area contributed by atoms with Crippen LogP contribution in [0.2, 0.25) is 0 Å². The van der Waals surface area contributed by atoms with Gasteiger partial charge in [-0.3, -0.25) is 4.79 Å². The molecule has 1 aromatic carbocycles. The SMILES string of the molecule is NC(=O)c1cccc(NC(=O)N2CCCCCC2)c1. The molecule has 1 aromatic rings. The highest BCUT2D eigenvalue weighted by atomic mass is 16.2. The first-order valence-corrected chi connectivity index (χ1v) is 6.62. The first kappa shape index (κ1) is 13.4. The molecule has 3 N–H and O–H groups in total. The van der Waals surface area contributed by atoms with Gasteiger partial charge in [0.15, 0.2) is 0 Å². The van der Waals surface area contributed by atoms with E-state index < -0.39 is 5.91 Å². The van der Waals surface area contributed by atoms with Crippen LogP contribution < -0.4 is 11.1 Å². The molecular formula is C14H19N3O2. The van der Waals surface area contributed by atoms with Crippen molar-refractivity contribution in [3.05, 3.63) is 29.8 Å². The molecule has 3 amide bonds. The minimum atomic E-state index is -0.495. The fraction of sp³-hybridized carbons (Fsp3) is 0.429. The van der Waals surface area contributed by atoms with E-state index in [2.05, 4.69) is 5.32 Å². The predicted molar refractivity (Wildman–Crippen MR) is 74.0 cm³/mol. The molecule has 102 valence electrons. The molecule has 0 atom stereocenters. The Kier molecular flexibility index (Phi) is 4.39. The fourth-order valence-electron chi connectivity index (χ4n) is 2.23. The average molecular weight is 261 g/mol. The Balaban J connectivity index is 2.01. The molecule has 1 heterocycles. The second kappa shape index (κ2) is 6.22. The summed E-state index contributed by atoms with van der Waals surface area (Å²) in [6.07, 6.45) is 4.46. The number of rotatable bonds is 2. The van der Waals surface area contributed by atoms with E-state index in [9.17, 15) is 9.59 Å². The first-order valence-electron chi connectivity index (χ1n) is 6.62. The van der Waals surface area contributed by atoms with Crippen molar-refractivity contribution in [1.29, 1.82) is 0 Å². The number of urea groups is 1. The van der Waals surface area contributed by atoms with Gasteiger partial charge in [-0.15, -0.1) is 0 Å². The number of nitrogens with zero attached hydrogens (tertiary/aromatic N) is 1.